The van der Waals surface area contributed by atoms with E-state index in [0.717, 1.165) is 42.8 Å². The molecule has 0 atom stereocenters. The number of nitrogens with zero attached hydrogens (tertiary/aromatic N) is 3. The van der Waals surface area contributed by atoms with E-state index in [1.165, 1.54) is 0 Å². The van der Waals surface area contributed by atoms with Crippen LogP contribution in [0.3, 0.4) is 0 Å². The smallest absolute Gasteiger partial charge is 0.226 e. The van der Waals surface area contributed by atoms with E-state index in [4.69, 9.17) is 4.74 Å². The first-order valence-electron chi connectivity index (χ1n) is 8.92. The number of aromatic hydroxyl groups is 1. The number of amides is 1. The third kappa shape index (κ3) is 4.07. The molecule has 8 nitrogen and oxygen atoms in total. The van der Waals surface area contributed by atoms with Crippen molar-refractivity contribution in [3.63, 3.8) is 0 Å². The van der Waals surface area contributed by atoms with Crippen molar-refractivity contribution >= 4 is 22.8 Å². The van der Waals surface area contributed by atoms with E-state index in [-0.39, 0.29) is 11.7 Å². The summed E-state index contributed by atoms with van der Waals surface area (Å²) in [5.41, 5.74) is 2.35. The predicted molar refractivity (Wildman–Crippen MR) is 101 cm³/mol. The molecule has 0 saturated carbocycles. The Balaban J connectivity index is 1.47. The maximum absolute atomic E-state index is 12.3. The molecule has 1 aliphatic heterocycles. The van der Waals surface area contributed by atoms with Crippen LogP contribution >= 0.6 is 0 Å². The van der Waals surface area contributed by atoms with Gasteiger partial charge in [0.05, 0.1) is 18.6 Å². The second kappa shape index (κ2) is 7.73. The topological polar surface area (TPSA) is 103 Å². The summed E-state index contributed by atoms with van der Waals surface area (Å²) in [5, 5.41) is 20.1. The number of hydrogen-bond donors (Lipinski definition) is 3. The van der Waals surface area contributed by atoms with Crippen molar-refractivity contribution < 1.29 is 14.6 Å². The lowest BCUT2D eigenvalue weighted by molar-refractivity contribution is -0.116. The molecule has 1 fully saturated rings. The fourth-order valence-electron chi connectivity index (χ4n) is 3.09. The van der Waals surface area contributed by atoms with Crippen LogP contribution in [0.1, 0.15) is 6.42 Å². The highest BCUT2D eigenvalue weighted by Crippen LogP contribution is 2.27. The van der Waals surface area contributed by atoms with Crippen LogP contribution in [-0.4, -0.2) is 63.9 Å². The Kier molecular flexibility index (Phi) is 4.99. The first kappa shape index (κ1) is 17.4. The van der Waals surface area contributed by atoms with Gasteiger partial charge in [-0.3, -0.25) is 14.8 Å². The first-order chi connectivity index (χ1) is 13.2. The van der Waals surface area contributed by atoms with Crippen molar-refractivity contribution in [3.05, 3.63) is 36.5 Å². The molecule has 3 heterocycles. The number of fused-ring (bicyclic) bond motifs is 1. The minimum atomic E-state index is -0.0675. The zero-order chi connectivity index (χ0) is 18.6. The summed E-state index contributed by atoms with van der Waals surface area (Å²) in [6.45, 7) is 3.87. The molecular formula is C19H21N5O3. The van der Waals surface area contributed by atoms with Gasteiger partial charge in [0, 0.05) is 37.8 Å². The van der Waals surface area contributed by atoms with Crippen LogP contribution in [0.15, 0.2) is 36.5 Å². The highest BCUT2D eigenvalue weighted by molar-refractivity contribution is 5.99. The van der Waals surface area contributed by atoms with Crippen LogP contribution in [0.4, 0.5) is 5.82 Å². The Bertz CT molecular complexity index is 932. The van der Waals surface area contributed by atoms with Crippen molar-refractivity contribution in [1.29, 1.82) is 0 Å². The summed E-state index contributed by atoms with van der Waals surface area (Å²) >= 11 is 0. The summed E-state index contributed by atoms with van der Waals surface area (Å²) in [6.07, 6.45) is 2.13. The standard InChI is InChI=1S/C19H21N5O3/c25-15-3-1-13(2-4-15)14-11-16-18(20-12-14)22-23-19(16)21-17(26)5-6-24-7-9-27-10-8-24/h1-4,11-12,25H,5-10H2,(H2,20,21,22,23,26). The molecule has 0 radical (unpaired) electrons. The highest BCUT2D eigenvalue weighted by Gasteiger charge is 2.14. The number of anilines is 1. The van der Waals surface area contributed by atoms with E-state index in [1.807, 2.05) is 18.2 Å². The van der Waals surface area contributed by atoms with Gasteiger partial charge in [0.1, 0.15) is 11.6 Å². The number of aromatic amines is 1. The molecule has 140 valence electrons. The molecule has 4 rings (SSSR count). The second-order valence-electron chi connectivity index (χ2n) is 6.49. The normalized spacial score (nSPS) is 15.1. The van der Waals surface area contributed by atoms with Gasteiger partial charge in [-0.25, -0.2) is 4.98 Å². The number of pyridine rings is 1. The van der Waals surface area contributed by atoms with Gasteiger partial charge in [-0.1, -0.05) is 12.1 Å². The number of aromatic nitrogens is 3. The minimum absolute atomic E-state index is 0.0675. The fourth-order valence-corrected chi connectivity index (χ4v) is 3.09. The first-order valence-corrected chi connectivity index (χ1v) is 8.92. The number of ether oxygens (including phenoxy) is 1. The van der Waals surface area contributed by atoms with Crippen molar-refractivity contribution in [1.82, 2.24) is 20.1 Å². The molecule has 1 aliphatic rings. The van der Waals surface area contributed by atoms with Crippen LogP contribution in [0.2, 0.25) is 0 Å². The van der Waals surface area contributed by atoms with Crippen molar-refractivity contribution in [2.75, 3.05) is 38.2 Å². The number of H-pyrrole nitrogens is 1. The van der Waals surface area contributed by atoms with Gasteiger partial charge in [0.15, 0.2) is 5.65 Å². The van der Waals surface area contributed by atoms with E-state index < -0.39 is 0 Å². The van der Waals surface area contributed by atoms with E-state index in [9.17, 15) is 9.90 Å². The van der Waals surface area contributed by atoms with Gasteiger partial charge in [-0.2, -0.15) is 5.10 Å². The summed E-state index contributed by atoms with van der Waals surface area (Å²) in [7, 11) is 0. The number of morpholine rings is 1. The Hall–Kier alpha value is -2.97. The lowest BCUT2D eigenvalue weighted by atomic mass is 10.1. The van der Waals surface area contributed by atoms with Crippen LogP contribution < -0.4 is 5.32 Å². The molecule has 8 heteroatoms. The van der Waals surface area contributed by atoms with Crippen LogP contribution in [0.25, 0.3) is 22.2 Å². The van der Waals surface area contributed by atoms with Gasteiger partial charge >= 0.3 is 0 Å². The minimum Gasteiger partial charge on any atom is -0.508 e. The number of nitrogens with one attached hydrogen (secondary N) is 2. The molecule has 0 aliphatic carbocycles. The van der Waals surface area contributed by atoms with Gasteiger partial charge in [0.2, 0.25) is 5.91 Å². The Morgan fingerprint density at radius 2 is 2.00 bits per heavy atom. The summed E-state index contributed by atoms with van der Waals surface area (Å²) in [4.78, 5) is 18.9. The average Bonchev–Trinajstić information content (AvgIpc) is 3.10. The molecule has 3 aromatic rings. The summed E-state index contributed by atoms with van der Waals surface area (Å²) in [5.74, 6) is 0.691. The third-order valence-corrected chi connectivity index (χ3v) is 4.63. The maximum Gasteiger partial charge on any atom is 0.226 e. The molecule has 3 N–H and O–H groups in total. The van der Waals surface area contributed by atoms with Crippen molar-refractivity contribution in [2.45, 2.75) is 6.42 Å². The summed E-state index contributed by atoms with van der Waals surface area (Å²) in [6, 6.07) is 8.82. The number of carbonyl (C=O) groups excluding carboxylic acids is 1. The van der Waals surface area contributed by atoms with Gasteiger partial charge < -0.3 is 15.2 Å². The van der Waals surface area contributed by atoms with E-state index >= 15 is 0 Å². The van der Waals surface area contributed by atoms with Gasteiger partial charge in [-0.05, 0) is 23.8 Å². The molecule has 0 bridgehead atoms. The Morgan fingerprint density at radius 1 is 1.22 bits per heavy atom. The molecule has 0 spiro atoms. The quantitative estimate of drug-likeness (QED) is 0.637. The summed E-state index contributed by atoms with van der Waals surface area (Å²) < 4.78 is 5.32. The predicted octanol–water partition coefficient (Wildman–Crippen LogP) is 1.99. The number of rotatable bonds is 5. The molecular weight excluding hydrogens is 346 g/mol. The number of benzene rings is 1. The number of phenols is 1. The van der Waals surface area contributed by atoms with Gasteiger partial charge in [-0.15, -0.1) is 0 Å². The molecule has 0 unspecified atom stereocenters. The monoisotopic (exact) mass is 367 g/mol. The Morgan fingerprint density at radius 3 is 2.78 bits per heavy atom. The molecule has 1 amide bonds. The maximum atomic E-state index is 12.3. The SMILES string of the molecule is O=C(CCN1CCOCC1)Nc1[nH]nc2ncc(-c3ccc(O)cc3)cc12. The molecule has 1 aromatic carbocycles. The molecule has 2 aromatic heterocycles. The van der Waals surface area contributed by atoms with Crippen molar-refractivity contribution in [2.24, 2.45) is 0 Å². The Labute approximate surface area is 156 Å². The lowest BCUT2D eigenvalue weighted by Gasteiger charge is -2.26. The fraction of sp³-hybridized carbons (Fsp3) is 0.316. The number of phenolic OH excluding ortho intramolecular Hbond substituents is 1. The van der Waals surface area contributed by atoms with Crippen molar-refractivity contribution in [3.8, 4) is 16.9 Å². The number of hydrogen-bond acceptors (Lipinski definition) is 6. The molecule has 1 saturated heterocycles. The third-order valence-electron chi connectivity index (χ3n) is 4.63. The van der Waals surface area contributed by atoms with Gasteiger partial charge in [0.25, 0.3) is 0 Å². The zero-order valence-corrected chi connectivity index (χ0v) is 14.8. The second-order valence-corrected chi connectivity index (χ2v) is 6.49. The van der Waals surface area contributed by atoms with Crippen LogP contribution in [0.5, 0.6) is 5.75 Å². The molecule has 27 heavy (non-hydrogen) atoms. The highest BCUT2D eigenvalue weighted by atomic mass is 16.5. The number of carbonyl (C=O) groups is 1. The van der Waals surface area contributed by atoms with E-state index in [0.29, 0.717) is 24.4 Å². The van der Waals surface area contributed by atoms with Crippen LogP contribution in [-0.2, 0) is 9.53 Å². The van der Waals surface area contributed by atoms with E-state index in [2.05, 4.69) is 25.4 Å². The van der Waals surface area contributed by atoms with Crippen LogP contribution in [0, 0.1) is 0 Å². The lowest BCUT2D eigenvalue weighted by Crippen LogP contribution is -2.38. The average molecular weight is 367 g/mol. The van der Waals surface area contributed by atoms with E-state index in [1.54, 1.807) is 18.3 Å². The zero-order valence-electron chi connectivity index (χ0n) is 14.8. The largest absolute Gasteiger partial charge is 0.508 e.